The summed E-state index contributed by atoms with van der Waals surface area (Å²) in [4.78, 5) is 15.2. The van der Waals surface area contributed by atoms with E-state index in [2.05, 4.69) is 187 Å². The molecule has 0 aliphatic carbocycles. The van der Waals surface area contributed by atoms with Gasteiger partial charge in [0.05, 0.1) is 11.0 Å². The van der Waals surface area contributed by atoms with Crippen LogP contribution in [0, 0.1) is 0 Å². The van der Waals surface area contributed by atoms with E-state index in [0.717, 1.165) is 39.0 Å². The van der Waals surface area contributed by atoms with Crippen molar-refractivity contribution >= 4 is 53.3 Å². The van der Waals surface area contributed by atoms with Crippen molar-refractivity contribution < 1.29 is 0 Å². The van der Waals surface area contributed by atoms with Gasteiger partial charge in [0.2, 0.25) is 0 Å². The Morgan fingerprint density at radius 3 is 1.44 bits per heavy atom. The lowest BCUT2D eigenvalue weighted by atomic mass is 9.98. The molecule has 0 amide bonds. The minimum absolute atomic E-state index is 0.623. The average Bonchev–Trinajstić information content (AvgIpc) is 3.90. The van der Waals surface area contributed by atoms with E-state index in [1.165, 1.54) is 58.8 Å². The topological polar surface area (TPSA) is 43.6 Å². The molecular weight excluding hydrogens is 773 g/mol. The fourth-order valence-electron chi connectivity index (χ4n) is 8.77. The van der Waals surface area contributed by atoms with E-state index < -0.39 is 0 Å². The molecule has 9 aromatic carbocycles. The first kappa shape index (κ1) is 35.9. The molecule has 5 heteroatoms. The molecule has 0 aliphatic heterocycles. The van der Waals surface area contributed by atoms with Crippen molar-refractivity contribution in [3.8, 4) is 73.2 Å². The van der Waals surface area contributed by atoms with Crippen LogP contribution < -0.4 is 0 Å². The van der Waals surface area contributed by atoms with Gasteiger partial charge in [-0.2, -0.15) is 0 Å². The Kier molecular flexibility index (Phi) is 8.65. The Hall–Kier alpha value is -7.99. The monoisotopic (exact) mass is 808 g/mol. The van der Waals surface area contributed by atoms with Gasteiger partial charge < -0.3 is 4.57 Å². The van der Waals surface area contributed by atoms with Gasteiger partial charge in [-0.15, -0.1) is 11.3 Å². The standard InChI is InChI=1S/C57H36N4S/c1-3-12-37(13-4-1)38-26-28-42(29-27-38)56-58-55(41-14-5-2-6-15-41)59-57(60-56)45-16-11-17-46(34-45)61-51-20-9-7-18-47(51)49-35-43(30-32-52(49)61)39-22-24-40(25-23-39)44-31-33-54-50(36-44)48-19-8-10-21-53(48)62-54/h1-36H. The fraction of sp³-hybridized carbons (Fsp3) is 0. The second-order valence-corrected chi connectivity index (χ2v) is 16.7. The maximum absolute atomic E-state index is 5.11. The quantitative estimate of drug-likeness (QED) is 0.161. The molecule has 0 spiro atoms. The van der Waals surface area contributed by atoms with Crippen molar-refractivity contribution in [1.82, 2.24) is 19.5 Å². The zero-order valence-corrected chi connectivity index (χ0v) is 34.3. The predicted molar refractivity (Wildman–Crippen MR) is 260 cm³/mol. The lowest BCUT2D eigenvalue weighted by Crippen LogP contribution is -2.01. The summed E-state index contributed by atoms with van der Waals surface area (Å²) in [6.07, 6.45) is 0. The molecule has 0 fully saturated rings. The SMILES string of the molecule is c1ccc(-c2ccc(-c3nc(-c4ccccc4)nc(-c4cccc(-n5c6ccccc6c6cc(-c7ccc(-c8ccc9sc%10ccccc%10c9c8)cc7)ccc65)c4)n3)cc2)cc1. The lowest BCUT2D eigenvalue weighted by molar-refractivity contribution is 1.07. The molecule has 0 saturated carbocycles. The van der Waals surface area contributed by atoms with Crippen LogP contribution in [0.25, 0.3) is 115 Å². The van der Waals surface area contributed by atoms with Crippen LogP contribution in [0.1, 0.15) is 0 Å². The first-order valence-corrected chi connectivity index (χ1v) is 21.7. The van der Waals surface area contributed by atoms with E-state index >= 15 is 0 Å². The minimum Gasteiger partial charge on any atom is -0.309 e. The zero-order chi connectivity index (χ0) is 41.0. The van der Waals surface area contributed by atoms with Crippen molar-refractivity contribution in [3.05, 3.63) is 218 Å². The normalized spacial score (nSPS) is 11.5. The maximum atomic E-state index is 5.11. The highest BCUT2D eigenvalue weighted by Gasteiger charge is 2.17. The molecule has 0 saturated heterocycles. The molecule has 0 aliphatic rings. The molecule has 0 bridgehead atoms. The number of aromatic nitrogens is 4. The van der Waals surface area contributed by atoms with Crippen molar-refractivity contribution in [2.45, 2.75) is 0 Å². The van der Waals surface area contributed by atoms with Gasteiger partial charge in [-0.25, -0.2) is 15.0 Å². The average molecular weight is 809 g/mol. The zero-order valence-electron chi connectivity index (χ0n) is 33.5. The van der Waals surface area contributed by atoms with Crippen molar-refractivity contribution in [3.63, 3.8) is 0 Å². The Bertz CT molecular complexity index is 3610. The fourth-order valence-corrected chi connectivity index (χ4v) is 9.85. The molecule has 3 aromatic heterocycles. The second kappa shape index (κ2) is 14.9. The third-order valence-electron chi connectivity index (χ3n) is 11.9. The van der Waals surface area contributed by atoms with Crippen LogP contribution in [0.5, 0.6) is 0 Å². The lowest BCUT2D eigenvalue weighted by Gasteiger charge is -2.12. The number of nitrogens with zero attached hydrogens (tertiary/aromatic N) is 4. The summed E-state index contributed by atoms with van der Waals surface area (Å²) in [6, 6.07) is 77.6. The van der Waals surface area contributed by atoms with Crippen molar-refractivity contribution in [2.75, 3.05) is 0 Å². The van der Waals surface area contributed by atoms with E-state index in [9.17, 15) is 0 Å². The van der Waals surface area contributed by atoms with Crippen LogP contribution in [0.4, 0.5) is 0 Å². The van der Waals surface area contributed by atoms with Crippen LogP contribution in [-0.4, -0.2) is 19.5 Å². The van der Waals surface area contributed by atoms with Crippen molar-refractivity contribution in [2.24, 2.45) is 0 Å². The molecule has 0 N–H and O–H groups in total. The Morgan fingerprint density at radius 2 is 0.726 bits per heavy atom. The van der Waals surface area contributed by atoms with Gasteiger partial charge in [-0.1, -0.05) is 170 Å². The van der Waals surface area contributed by atoms with Gasteiger partial charge in [0.15, 0.2) is 17.5 Å². The molecule has 3 heterocycles. The van der Waals surface area contributed by atoms with E-state index in [1.54, 1.807) is 0 Å². The molecule has 12 aromatic rings. The number of rotatable bonds is 7. The van der Waals surface area contributed by atoms with Gasteiger partial charge in [0.25, 0.3) is 0 Å². The van der Waals surface area contributed by atoms with Crippen LogP contribution in [0.15, 0.2) is 218 Å². The third-order valence-corrected chi connectivity index (χ3v) is 13.0. The molecule has 290 valence electrons. The van der Waals surface area contributed by atoms with Gasteiger partial charge in [-0.3, -0.25) is 0 Å². The number of para-hydroxylation sites is 1. The molecule has 0 unspecified atom stereocenters. The summed E-state index contributed by atoms with van der Waals surface area (Å²) in [5.74, 6) is 1.89. The molecule has 0 atom stereocenters. The van der Waals surface area contributed by atoms with E-state index in [0.29, 0.717) is 17.5 Å². The number of hydrogen-bond donors (Lipinski definition) is 0. The van der Waals surface area contributed by atoms with E-state index in [4.69, 9.17) is 15.0 Å². The van der Waals surface area contributed by atoms with Gasteiger partial charge in [0, 0.05) is 53.3 Å². The Balaban J connectivity index is 0.915. The summed E-state index contributed by atoms with van der Waals surface area (Å²) in [6.45, 7) is 0. The maximum Gasteiger partial charge on any atom is 0.164 e. The number of hydrogen-bond acceptors (Lipinski definition) is 4. The first-order valence-electron chi connectivity index (χ1n) is 20.8. The number of benzene rings is 9. The molecule has 62 heavy (non-hydrogen) atoms. The van der Waals surface area contributed by atoms with E-state index in [-0.39, 0.29) is 0 Å². The summed E-state index contributed by atoms with van der Waals surface area (Å²) >= 11 is 1.86. The molecular formula is C57H36N4S. The minimum atomic E-state index is 0.623. The van der Waals surface area contributed by atoms with Gasteiger partial charge >= 0.3 is 0 Å². The van der Waals surface area contributed by atoms with Crippen molar-refractivity contribution in [1.29, 1.82) is 0 Å². The second-order valence-electron chi connectivity index (χ2n) is 15.6. The Labute approximate surface area is 362 Å². The van der Waals surface area contributed by atoms with Crippen LogP contribution in [0.2, 0.25) is 0 Å². The summed E-state index contributed by atoms with van der Waals surface area (Å²) in [7, 11) is 0. The highest BCUT2D eigenvalue weighted by Crippen LogP contribution is 2.39. The number of fused-ring (bicyclic) bond motifs is 6. The van der Waals surface area contributed by atoms with Crippen LogP contribution >= 0.6 is 11.3 Å². The summed E-state index contributed by atoms with van der Waals surface area (Å²) in [5.41, 5.74) is 13.2. The predicted octanol–water partition coefficient (Wildman–Crippen LogP) is 15.3. The Morgan fingerprint density at radius 1 is 0.274 bits per heavy atom. The third kappa shape index (κ3) is 6.35. The number of thiophene rings is 1. The molecule has 0 radical (unpaired) electrons. The highest BCUT2D eigenvalue weighted by atomic mass is 32.1. The molecule has 4 nitrogen and oxygen atoms in total. The highest BCUT2D eigenvalue weighted by molar-refractivity contribution is 7.25. The van der Waals surface area contributed by atoms with Gasteiger partial charge in [-0.05, 0) is 81.9 Å². The van der Waals surface area contributed by atoms with Crippen LogP contribution in [0.3, 0.4) is 0 Å². The van der Waals surface area contributed by atoms with E-state index in [1.807, 2.05) is 47.7 Å². The van der Waals surface area contributed by atoms with Crippen LogP contribution in [-0.2, 0) is 0 Å². The molecule has 12 rings (SSSR count). The first-order chi connectivity index (χ1) is 30.7. The van der Waals surface area contributed by atoms with Gasteiger partial charge in [0.1, 0.15) is 0 Å². The largest absolute Gasteiger partial charge is 0.309 e. The smallest absolute Gasteiger partial charge is 0.164 e. The summed E-state index contributed by atoms with van der Waals surface area (Å²) in [5, 5.41) is 5.05. The summed E-state index contributed by atoms with van der Waals surface area (Å²) < 4.78 is 5.01.